The fraction of sp³-hybridized carbons (Fsp3) is 0.619. The van der Waals surface area contributed by atoms with Crippen LogP contribution in [0.25, 0.3) is 0 Å². The molecule has 1 aromatic rings. The molecule has 0 aliphatic heterocycles. The molecule has 0 heterocycles. The van der Waals surface area contributed by atoms with Crippen molar-refractivity contribution in [2.45, 2.75) is 38.5 Å². The maximum absolute atomic E-state index is 11.9. The average molecular weight is 375 g/mol. The van der Waals surface area contributed by atoms with Gasteiger partial charge in [-0.2, -0.15) is 0 Å². The van der Waals surface area contributed by atoms with Crippen molar-refractivity contribution in [1.82, 2.24) is 15.5 Å². The fourth-order valence-electron chi connectivity index (χ4n) is 3.21. The van der Waals surface area contributed by atoms with Gasteiger partial charge in [0, 0.05) is 27.2 Å². The van der Waals surface area contributed by atoms with Crippen molar-refractivity contribution in [2.24, 2.45) is 10.9 Å². The molecule has 0 bridgehead atoms. The standard InChI is InChI=1S/C21H34N4O2/c1-25(2)20(26)16-24-21(23-15-18-7-5-4-6-8-18)22-14-13-17-9-11-19(27-3)12-10-17/h9-12,18H,4-8,13-16H2,1-3H3,(H2,22,23,24). The van der Waals surface area contributed by atoms with Crippen LogP contribution in [0.2, 0.25) is 0 Å². The number of ether oxygens (including phenoxy) is 1. The number of rotatable bonds is 8. The molecule has 1 saturated carbocycles. The predicted octanol–water partition coefficient (Wildman–Crippen LogP) is 2.44. The summed E-state index contributed by atoms with van der Waals surface area (Å²) in [5.74, 6) is 2.30. The van der Waals surface area contributed by atoms with Crippen molar-refractivity contribution in [3.8, 4) is 5.75 Å². The lowest BCUT2D eigenvalue weighted by molar-refractivity contribution is -0.127. The maximum Gasteiger partial charge on any atom is 0.243 e. The van der Waals surface area contributed by atoms with E-state index in [4.69, 9.17) is 4.74 Å². The number of hydrogen-bond acceptors (Lipinski definition) is 3. The van der Waals surface area contributed by atoms with Crippen molar-refractivity contribution >= 4 is 11.9 Å². The largest absolute Gasteiger partial charge is 0.497 e. The van der Waals surface area contributed by atoms with E-state index in [-0.39, 0.29) is 12.5 Å². The van der Waals surface area contributed by atoms with Crippen LogP contribution < -0.4 is 15.4 Å². The van der Waals surface area contributed by atoms with Gasteiger partial charge in [0.15, 0.2) is 5.96 Å². The molecule has 1 fully saturated rings. The highest BCUT2D eigenvalue weighted by Crippen LogP contribution is 2.22. The van der Waals surface area contributed by atoms with Gasteiger partial charge in [0.25, 0.3) is 0 Å². The molecule has 0 atom stereocenters. The summed E-state index contributed by atoms with van der Waals surface area (Å²) in [4.78, 5) is 17.9. The first-order valence-electron chi connectivity index (χ1n) is 9.93. The SMILES string of the molecule is COc1ccc(CCNC(=NCC(=O)N(C)C)NCC2CCCCC2)cc1. The molecule has 6 nitrogen and oxygen atoms in total. The number of guanidine groups is 1. The molecule has 1 aliphatic rings. The van der Waals surface area contributed by atoms with Gasteiger partial charge in [0.2, 0.25) is 5.91 Å². The van der Waals surface area contributed by atoms with Crippen LogP contribution in [0.15, 0.2) is 29.3 Å². The smallest absolute Gasteiger partial charge is 0.243 e. The topological polar surface area (TPSA) is 66.0 Å². The highest BCUT2D eigenvalue weighted by molar-refractivity contribution is 5.84. The Morgan fingerprint density at radius 3 is 2.48 bits per heavy atom. The van der Waals surface area contributed by atoms with Crippen molar-refractivity contribution in [3.63, 3.8) is 0 Å². The Bertz CT molecular complexity index is 593. The Hall–Kier alpha value is -2.24. The van der Waals surface area contributed by atoms with Crippen molar-refractivity contribution in [1.29, 1.82) is 0 Å². The number of carbonyl (C=O) groups excluding carboxylic acids is 1. The molecule has 2 rings (SSSR count). The van der Waals surface area contributed by atoms with Gasteiger partial charge < -0.3 is 20.3 Å². The molecule has 0 spiro atoms. The van der Waals surface area contributed by atoms with Crippen LogP contribution in [0.5, 0.6) is 5.75 Å². The second-order valence-electron chi connectivity index (χ2n) is 7.36. The first kappa shape index (κ1) is 21.1. The van der Waals surface area contributed by atoms with E-state index >= 15 is 0 Å². The molecule has 0 unspecified atom stereocenters. The second kappa shape index (κ2) is 11.5. The van der Waals surface area contributed by atoms with Gasteiger partial charge in [0.1, 0.15) is 12.3 Å². The van der Waals surface area contributed by atoms with Crippen LogP contribution in [0.4, 0.5) is 0 Å². The molecular weight excluding hydrogens is 340 g/mol. The molecule has 6 heteroatoms. The van der Waals surface area contributed by atoms with Crippen LogP contribution in [-0.4, -0.2) is 57.6 Å². The lowest BCUT2D eigenvalue weighted by Gasteiger charge is -2.23. The predicted molar refractivity (Wildman–Crippen MR) is 110 cm³/mol. The van der Waals surface area contributed by atoms with Crippen LogP contribution in [0.3, 0.4) is 0 Å². The van der Waals surface area contributed by atoms with E-state index in [1.165, 1.54) is 37.7 Å². The number of nitrogens with one attached hydrogen (secondary N) is 2. The molecule has 2 N–H and O–H groups in total. The molecule has 1 aliphatic carbocycles. The molecule has 0 saturated heterocycles. The van der Waals surface area contributed by atoms with Crippen LogP contribution >= 0.6 is 0 Å². The van der Waals surface area contributed by atoms with E-state index in [0.29, 0.717) is 5.92 Å². The lowest BCUT2D eigenvalue weighted by Crippen LogP contribution is -2.41. The number of carbonyl (C=O) groups is 1. The van der Waals surface area contributed by atoms with Crippen LogP contribution in [0, 0.1) is 5.92 Å². The van der Waals surface area contributed by atoms with E-state index in [9.17, 15) is 4.79 Å². The summed E-state index contributed by atoms with van der Waals surface area (Å²) in [5.41, 5.74) is 1.24. The zero-order valence-electron chi connectivity index (χ0n) is 17.0. The van der Waals surface area contributed by atoms with E-state index in [1.54, 1.807) is 26.1 Å². The van der Waals surface area contributed by atoms with E-state index < -0.39 is 0 Å². The quantitative estimate of drug-likeness (QED) is 0.542. The molecule has 150 valence electrons. The highest BCUT2D eigenvalue weighted by Gasteiger charge is 2.14. The van der Waals surface area contributed by atoms with E-state index in [2.05, 4.69) is 27.8 Å². The molecule has 1 amide bonds. The monoisotopic (exact) mass is 374 g/mol. The third-order valence-corrected chi connectivity index (χ3v) is 5.02. The van der Waals surface area contributed by atoms with Gasteiger partial charge in [-0.1, -0.05) is 31.4 Å². The van der Waals surface area contributed by atoms with Gasteiger partial charge in [-0.25, -0.2) is 4.99 Å². The number of nitrogens with zero attached hydrogens (tertiary/aromatic N) is 2. The minimum Gasteiger partial charge on any atom is -0.497 e. The fourth-order valence-corrected chi connectivity index (χ4v) is 3.21. The Morgan fingerprint density at radius 2 is 1.85 bits per heavy atom. The maximum atomic E-state index is 11.9. The van der Waals surface area contributed by atoms with Gasteiger partial charge in [-0.15, -0.1) is 0 Å². The molecule has 27 heavy (non-hydrogen) atoms. The minimum atomic E-state index is 0.00363. The normalized spacial score (nSPS) is 15.3. The number of amides is 1. The molecular formula is C21H34N4O2. The lowest BCUT2D eigenvalue weighted by atomic mass is 9.89. The Morgan fingerprint density at radius 1 is 1.15 bits per heavy atom. The number of methoxy groups -OCH3 is 1. The first-order valence-corrected chi connectivity index (χ1v) is 9.93. The van der Waals surface area contributed by atoms with Crippen molar-refractivity contribution < 1.29 is 9.53 Å². The summed E-state index contributed by atoms with van der Waals surface area (Å²) in [6.07, 6.45) is 7.45. The van der Waals surface area contributed by atoms with Crippen LogP contribution in [-0.2, 0) is 11.2 Å². The summed E-state index contributed by atoms with van der Waals surface area (Å²) < 4.78 is 5.19. The minimum absolute atomic E-state index is 0.00363. The Kier molecular flexibility index (Phi) is 8.95. The molecule has 0 radical (unpaired) electrons. The molecule has 0 aromatic heterocycles. The van der Waals surface area contributed by atoms with Gasteiger partial charge >= 0.3 is 0 Å². The zero-order chi connectivity index (χ0) is 19.5. The summed E-state index contributed by atoms with van der Waals surface area (Å²) in [5, 5.41) is 6.80. The van der Waals surface area contributed by atoms with E-state index in [0.717, 1.165) is 31.2 Å². The van der Waals surface area contributed by atoms with Crippen molar-refractivity contribution in [2.75, 3.05) is 40.8 Å². The zero-order valence-corrected chi connectivity index (χ0v) is 17.0. The number of benzene rings is 1. The average Bonchev–Trinajstić information content (AvgIpc) is 2.70. The van der Waals surface area contributed by atoms with Gasteiger partial charge in [0.05, 0.1) is 7.11 Å². The Balaban J connectivity index is 1.85. The first-order chi connectivity index (χ1) is 13.1. The summed E-state index contributed by atoms with van der Waals surface area (Å²) >= 11 is 0. The number of aliphatic imine (C=N–C) groups is 1. The summed E-state index contributed by atoms with van der Waals surface area (Å²) in [7, 11) is 5.18. The van der Waals surface area contributed by atoms with Crippen LogP contribution in [0.1, 0.15) is 37.7 Å². The van der Waals surface area contributed by atoms with Gasteiger partial charge in [-0.05, 0) is 42.9 Å². The second-order valence-corrected chi connectivity index (χ2v) is 7.36. The highest BCUT2D eigenvalue weighted by atomic mass is 16.5. The summed E-state index contributed by atoms with van der Waals surface area (Å²) in [6.45, 7) is 1.85. The number of likely N-dealkylation sites (N-methyl/N-ethyl adjacent to an activating group) is 1. The van der Waals surface area contributed by atoms with Gasteiger partial charge in [-0.3, -0.25) is 4.79 Å². The summed E-state index contributed by atoms with van der Waals surface area (Å²) in [6, 6.07) is 8.09. The molecule has 1 aromatic carbocycles. The third-order valence-electron chi connectivity index (χ3n) is 5.02. The van der Waals surface area contributed by atoms with E-state index in [1.807, 2.05) is 12.1 Å². The third kappa shape index (κ3) is 7.89. The van der Waals surface area contributed by atoms with Crippen molar-refractivity contribution in [3.05, 3.63) is 29.8 Å². The Labute approximate surface area is 163 Å². The number of hydrogen-bond donors (Lipinski definition) is 2.